The second kappa shape index (κ2) is 4.13. The standard InChI is InChI=1S/C8H14N2O/c9-8(11)2-1-7-3-5-10-6-4-7/h1-2,7,10H,3-6H2,(H2,9,11)/b2-1-. The molecule has 0 saturated carbocycles. The molecule has 3 heteroatoms. The zero-order valence-corrected chi connectivity index (χ0v) is 6.55. The Morgan fingerprint density at radius 2 is 2.09 bits per heavy atom. The average molecular weight is 154 g/mol. The van der Waals surface area contributed by atoms with Crippen LogP contribution in [0.5, 0.6) is 0 Å². The number of carbonyl (C=O) groups is 1. The van der Waals surface area contributed by atoms with Gasteiger partial charge in [0.1, 0.15) is 0 Å². The fourth-order valence-electron chi connectivity index (χ4n) is 1.27. The highest BCUT2D eigenvalue weighted by Crippen LogP contribution is 2.12. The Bertz CT molecular complexity index is 159. The lowest BCUT2D eigenvalue weighted by molar-refractivity contribution is -0.113. The monoisotopic (exact) mass is 154 g/mol. The first kappa shape index (κ1) is 8.27. The third-order valence-electron chi connectivity index (χ3n) is 1.92. The van der Waals surface area contributed by atoms with Crippen LogP contribution in [0.15, 0.2) is 12.2 Å². The maximum Gasteiger partial charge on any atom is 0.241 e. The molecule has 0 radical (unpaired) electrons. The number of carbonyl (C=O) groups excluding carboxylic acids is 1. The minimum Gasteiger partial charge on any atom is -0.366 e. The minimum absolute atomic E-state index is 0.344. The molecule has 1 saturated heterocycles. The number of nitrogens with one attached hydrogen (secondary N) is 1. The smallest absolute Gasteiger partial charge is 0.241 e. The Morgan fingerprint density at radius 1 is 1.45 bits per heavy atom. The van der Waals surface area contributed by atoms with Crippen molar-refractivity contribution >= 4 is 5.91 Å². The first-order valence-corrected chi connectivity index (χ1v) is 3.97. The topological polar surface area (TPSA) is 55.1 Å². The Labute approximate surface area is 66.6 Å². The van der Waals surface area contributed by atoms with E-state index in [1.807, 2.05) is 6.08 Å². The highest BCUT2D eigenvalue weighted by molar-refractivity contribution is 5.85. The molecule has 0 aromatic heterocycles. The van der Waals surface area contributed by atoms with Crippen LogP contribution in [0, 0.1) is 5.92 Å². The lowest BCUT2D eigenvalue weighted by atomic mass is 9.98. The molecule has 1 heterocycles. The molecule has 0 atom stereocenters. The van der Waals surface area contributed by atoms with E-state index in [0.29, 0.717) is 5.92 Å². The van der Waals surface area contributed by atoms with Gasteiger partial charge in [-0.25, -0.2) is 0 Å². The first-order valence-electron chi connectivity index (χ1n) is 3.97. The summed E-state index contributed by atoms with van der Waals surface area (Å²) in [4.78, 5) is 10.4. The van der Waals surface area contributed by atoms with Crippen molar-refractivity contribution in [1.82, 2.24) is 5.32 Å². The van der Waals surface area contributed by atoms with Crippen molar-refractivity contribution in [3.63, 3.8) is 0 Å². The van der Waals surface area contributed by atoms with Gasteiger partial charge in [-0.1, -0.05) is 6.08 Å². The molecule has 11 heavy (non-hydrogen) atoms. The van der Waals surface area contributed by atoms with Gasteiger partial charge in [-0.2, -0.15) is 0 Å². The van der Waals surface area contributed by atoms with Crippen LogP contribution >= 0.6 is 0 Å². The number of nitrogens with two attached hydrogens (primary N) is 1. The van der Waals surface area contributed by atoms with Crippen LogP contribution in [0.1, 0.15) is 12.8 Å². The lowest BCUT2D eigenvalue weighted by Crippen LogP contribution is -2.26. The zero-order chi connectivity index (χ0) is 8.10. The summed E-state index contributed by atoms with van der Waals surface area (Å²) >= 11 is 0. The van der Waals surface area contributed by atoms with E-state index in [4.69, 9.17) is 5.73 Å². The van der Waals surface area contributed by atoms with Crippen molar-refractivity contribution in [2.75, 3.05) is 13.1 Å². The van der Waals surface area contributed by atoms with Gasteiger partial charge in [-0.05, 0) is 37.9 Å². The summed E-state index contributed by atoms with van der Waals surface area (Å²) < 4.78 is 0. The molecule has 1 fully saturated rings. The van der Waals surface area contributed by atoms with Gasteiger partial charge >= 0.3 is 0 Å². The normalized spacial score (nSPS) is 20.7. The molecule has 3 nitrogen and oxygen atoms in total. The fourth-order valence-corrected chi connectivity index (χ4v) is 1.27. The van der Waals surface area contributed by atoms with E-state index < -0.39 is 0 Å². The Balaban J connectivity index is 2.29. The number of hydrogen-bond acceptors (Lipinski definition) is 2. The molecule has 1 amide bonds. The zero-order valence-electron chi connectivity index (χ0n) is 6.55. The van der Waals surface area contributed by atoms with Crippen LogP contribution in [0.3, 0.4) is 0 Å². The maximum atomic E-state index is 10.4. The minimum atomic E-state index is -0.344. The molecule has 1 aliphatic rings. The second-order valence-corrected chi connectivity index (χ2v) is 2.85. The van der Waals surface area contributed by atoms with Crippen molar-refractivity contribution in [1.29, 1.82) is 0 Å². The van der Waals surface area contributed by atoms with Gasteiger partial charge in [0.2, 0.25) is 5.91 Å². The summed E-state index contributed by atoms with van der Waals surface area (Å²) in [5.74, 6) is 0.201. The first-order chi connectivity index (χ1) is 5.29. The molecule has 0 unspecified atom stereocenters. The molecule has 0 spiro atoms. The number of primary amides is 1. The molecule has 0 bridgehead atoms. The summed E-state index contributed by atoms with van der Waals surface area (Å²) in [6, 6.07) is 0. The quantitative estimate of drug-likeness (QED) is 0.551. The summed E-state index contributed by atoms with van der Waals surface area (Å²) in [5.41, 5.74) is 4.97. The van der Waals surface area contributed by atoms with Crippen LogP contribution in [0.2, 0.25) is 0 Å². The van der Waals surface area contributed by atoms with Gasteiger partial charge in [0.05, 0.1) is 0 Å². The molecule has 1 aliphatic heterocycles. The summed E-state index contributed by atoms with van der Waals surface area (Å²) in [6.07, 6.45) is 5.62. The number of amides is 1. The van der Waals surface area contributed by atoms with E-state index in [1.54, 1.807) is 0 Å². The van der Waals surface area contributed by atoms with Crippen molar-refractivity contribution in [3.8, 4) is 0 Å². The Morgan fingerprint density at radius 3 is 2.64 bits per heavy atom. The van der Waals surface area contributed by atoms with E-state index in [9.17, 15) is 4.79 Å². The van der Waals surface area contributed by atoms with E-state index in [2.05, 4.69) is 5.32 Å². The average Bonchev–Trinajstić information content (AvgIpc) is 2.03. The number of rotatable bonds is 2. The van der Waals surface area contributed by atoms with Crippen LogP contribution in [-0.4, -0.2) is 19.0 Å². The molecule has 3 N–H and O–H groups in total. The van der Waals surface area contributed by atoms with E-state index >= 15 is 0 Å². The fraction of sp³-hybridized carbons (Fsp3) is 0.625. The van der Waals surface area contributed by atoms with E-state index in [0.717, 1.165) is 25.9 Å². The Kier molecular flexibility index (Phi) is 3.11. The predicted octanol–water partition coefficient (Wildman–Crippen LogP) is 0.0275. The number of piperidine rings is 1. The summed E-state index contributed by atoms with van der Waals surface area (Å²) in [6.45, 7) is 2.10. The Hall–Kier alpha value is -0.830. The molecule has 1 rings (SSSR count). The van der Waals surface area contributed by atoms with Crippen LogP contribution in [-0.2, 0) is 4.79 Å². The van der Waals surface area contributed by atoms with Crippen molar-refractivity contribution in [3.05, 3.63) is 12.2 Å². The predicted molar refractivity (Wildman–Crippen MR) is 43.9 cm³/mol. The van der Waals surface area contributed by atoms with Crippen molar-refractivity contribution < 1.29 is 4.79 Å². The van der Waals surface area contributed by atoms with Gasteiger partial charge in [-0.3, -0.25) is 4.79 Å². The van der Waals surface area contributed by atoms with Crippen LogP contribution in [0.25, 0.3) is 0 Å². The highest BCUT2D eigenvalue weighted by Gasteiger charge is 2.08. The maximum absolute atomic E-state index is 10.4. The summed E-state index contributed by atoms with van der Waals surface area (Å²) in [5, 5.41) is 3.25. The lowest BCUT2D eigenvalue weighted by Gasteiger charge is -2.18. The highest BCUT2D eigenvalue weighted by atomic mass is 16.1. The third-order valence-corrected chi connectivity index (χ3v) is 1.92. The van der Waals surface area contributed by atoms with Gasteiger partial charge in [-0.15, -0.1) is 0 Å². The number of hydrogen-bond donors (Lipinski definition) is 2. The molecule has 0 aromatic carbocycles. The van der Waals surface area contributed by atoms with Gasteiger partial charge < -0.3 is 11.1 Å². The van der Waals surface area contributed by atoms with E-state index in [1.165, 1.54) is 6.08 Å². The van der Waals surface area contributed by atoms with Crippen LogP contribution in [0.4, 0.5) is 0 Å². The molecule has 0 aliphatic carbocycles. The molecular formula is C8H14N2O. The van der Waals surface area contributed by atoms with Crippen molar-refractivity contribution in [2.24, 2.45) is 11.7 Å². The van der Waals surface area contributed by atoms with Crippen LogP contribution < -0.4 is 11.1 Å². The SMILES string of the molecule is NC(=O)/C=C\C1CCNCC1. The number of allylic oxidation sites excluding steroid dienone is 1. The van der Waals surface area contributed by atoms with Gasteiger partial charge in [0, 0.05) is 0 Å². The van der Waals surface area contributed by atoms with E-state index in [-0.39, 0.29) is 5.91 Å². The largest absolute Gasteiger partial charge is 0.366 e. The second-order valence-electron chi connectivity index (χ2n) is 2.85. The third kappa shape index (κ3) is 3.18. The van der Waals surface area contributed by atoms with Gasteiger partial charge in [0.15, 0.2) is 0 Å². The molecular weight excluding hydrogens is 140 g/mol. The molecule has 62 valence electrons. The van der Waals surface area contributed by atoms with Crippen molar-refractivity contribution in [2.45, 2.75) is 12.8 Å². The summed E-state index contributed by atoms with van der Waals surface area (Å²) in [7, 11) is 0. The van der Waals surface area contributed by atoms with Gasteiger partial charge in [0.25, 0.3) is 0 Å². The molecule has 0 aromatic rings.